The first-order valence-corrected chi connectivity index (χ1v) is 10.6. The van der Waals surface area contributed by atoms with E-state index in [-0.39, 0.29) is 51.3 Å². The largest absolute Gasteiger partial charge is 0.453 e. The molecule has 3 aromatic heterocycles. The number of hydrogen-bond acceptors (Lipinski definition) is 10. The second-order valence-electron chi connectivity index (χ2n) is 8.68. The van der Waals surface area contributed by atoms with Gasteiger partial charge in [0.25, 0.3) is 0 Å². The summed E-state index contributed by atoms with van der Waals surface area (Å²) < 4.78 is 66.3. The molecule has 4 heterocycles. The molecule has 0 radical (unpaired) electrons. The van der Waals surface area contributed by atoms with Gasteiger partial charge in [-0.2, -0.15) is 27.1 Å². The molecule has 0 aliphatic carbocycles. The van der Waals surface area contributed by atoms with E-state index in [1.807, 2.05) is 0 Å². The molecule has 4 rings (SSSR count). The van der Waals surface area contributed by atoms with Gasteiger partial charge in [-0.15, -0.1) is 0 Å². The first kappa shape index (κ1) is 25.9. The minimum atomic E-state index is -5.72. The van der Waals surface area contributed by atoms with Crippen LogP contribution in [0.15, 0.2) is 18.1 Å². The number of nitrogens with zero attached hydrogens (tertiary/aromatic N) is 7. The Bertz CT molecular complexity index is 1430. The van der Waals surface area contributed by atoms with Crippen LogP contribution in [0.1, 0.15) is 24.7 Å². The van der Waals surface area contributed by atoms with E-state index < -0.39 is 36.3 Å². The zero-order chi connectivity index (χ0) is 27.5. The quantitative estimate of drug-likeness (QED) is 0.208. The molecule has 0 aromatic carbocycles. The van der Waals surface area contributed by atoms with Crippen LogP contribution < -0.4 is 22.6 Å². The third-order valence-corrected chi connectivity index (χ3v) is 5.97. The molecule has 0 spiro atoms. The molecule has 7 N–H and O–H groups in total. The van der Waals surface area contributed by atoms with Crippen molar-refractivity contribution in [3.63, 3.8) is 0 Å². The number of nitrogens with one attached hydrogen (secondary N) is 1. The van der Waals surface area contributed by atoms with Gasteiger partial charge in [0.2, 0.25) is 5.91 Å². The van der Waals surface area contributed by atoms with Crippen molar-refractivity contribution in [3.8, 4) is 11.5 Å². The summed E-state index contributed by atoms with van der Waals surface area (Å²) in [6.45, 7) is 1.51. The maximum atomic E-state index is 13.5. The number of hydrogen-bond donors (Lipinski definition) is 4. The zero-order valence-corrected chi connectivity index (χ0v) is 19.7. The Morgan fingerprint density at radius 2 is 1.89 bits per heavy atom. The summed E-state index contributed by atoms with van der Waals surface area (Å²) in [4.78, 5) is 29.7. The number of fused-ring (bicyclic) bond motifs is 2. The van der Waals surface area contributed by atoms with Crippen molar-refractivity contribution in [1.82, 2.24) is 34.7 Å². The standard InChI is InChI=1S/C20H22F5N11O/c1-18(9(26)7-35(2)28)11-13(27)32-15(33-14(11)34-17(18)37)12-8-6-29-36(3)16(8)31-10(30-12)4-5-19(21,22)20(23,24)25/h6-7H,4-5,26,28H2,1-3H3,(H3,27,32,33,34,37)/b9-7-. The van der Waals surface area contributed by atoms with Crippen LogP contribution in [0.5, 0.6) is 0 Å². The summed E-state index contributed by atoms with van der Waals surface area (Å²) in [6, 6.07) is 0. The summed E-state index contributed by atoms with van der Waals surface area (Å²) in [7, 11) is 3.00. The van der Waals surface area contributed by atoms with E-state index >= 15 is 0 Å². The van der Waals surface area contributed by atoms with Gasteiger partial charge in [0.05, 0.1) is 17.1 Å². The van der Waals surface area contributed by atoms with Crippen molar-refractivity contribution in [2.24, 2.45) is 18.6 Å². The molecule has 17 heteroatoms. The lowest BCUT2D eigenvalue weighted by Crippen LogP contribution is -2.39. The fourth-order valence-electron chi connectivity index (χ4n) is 3.90. The topological polar surface area (TPSA) is 180 Å². The molecular weight excluding hydrogens is 505 g/mol. The lowest BCUT2D eigenvalue weighted by atomic mass is 9.81. The smallest absolute Gasteiger partial charge is 0.400 e. The highest BCUT2D eigenvalue weighted by atomic mass is 19.4. The van der Waals surface area contributed by atoms with E-state index in [1.165, 1.54) is 38.1 Å². The van der Waals surface area contributed by atoms with Gasteiger partial charge < -0.3 is 21.8 Å². The molecule has 1 aliphatic heterocycles. The maximum absolute atomic E-state index is 13.5. The molecule has 1 atom stereocenters. The van der Waals surface area contributed by atoms with E-state index in [1.54, 1.807) is 0 Å². The number of halogens is 5. The molecule has 1 amide bonds. The third kappa shape index (κ3) is 4.24. The van der Waals surface area contributed by atoms with Crippen LogP contribution in [0, 0.1) is 0 Å². The minimum absolute atomic E-state index is 0.0202. The van der Waals surface area contributed by atoms with Gasteiger partial charge in [0.15, 0.2) is 11.5 Å². The van der Waals surface area contributed by atoms with Crippen LogP contribution in [0.25, 0.3) is 22.6 Å². The number of anilines is 2. The summed E-state index contributed by atoms with van der Waals surface area (Å²) in [5, 5.41) is 8.06. The Hall–Kier alpha value is -4.15. The lowest BCUT2D eigenvalue weighted by Gasteiger charge is -2.24. The number of amides is 1. The van der Waals surface area contributed by atoms with Crippen LogP contribution in [0.4, 0.5) is 33.6 Å². The maximum Gasteiger partial charge on any atom is 0.453 e. The second kappa shape index (κ2) is 8.46. The fraction of sp³-hybridized carbons (Fsp3) is 0.400. The van der Waals surface area contributed by atoms with Gasteiger partial charge in [-0.3, -0.25) is 9.48 Å². The SMILES string of the molecule is CN(N)/C=C(\N)C1(C)C(=O)Nc2nc(-c3nc(CCC(F)(F)C(F)(F)F)nc4c3cnn4C)nc(N)c21. The highest BCUT2D eigenvalue weighted by Gasteiger charge is 2.56. The molecule has 0 bridgehead atoms. The summed E-state index contributed by atoms with van der Waals surface area (Å²) >= 11 is 0. The molecule has 12 nitrogen and oxygen atoms in total. The average molecular weight is 527 g/mol. The number of hydrazine groups is 1. The second-order valence-corrected chi connectivity index (χ2v) is 8.68. The van der Waals surface area contributed by atoms with Crippen molar-refractivity contribution in [2.45, 2.75) is 37.3 Å². The Morgan fingerprint density at radius 3 is 2.51 bits per heavy atom. The average Bonchev–Trinajstić information content (AvgIpc) is 3.28. The lowest BCUT2D eigenvalue weighted by molar-refractivity contribution is -0.284. The van der Waals surface area contributed by atoms with Crippen LogP contribution in [-0.4, -0.2) is 59.8 Å². The summed E-state index contributed by atoms with van der Waals surface area (Å²) in [6.07, 6.45) is -5.41. The van der Waals surface area contributed by atoms with Crippen LogP contribution in [0.2, 0.25) is 0 Å². The highest BCUT2D eigenvalue weighted by Crippen LogP contribution is 2.44. The highest BCUT2D eigenvalue weighted by molar-refractivity contribution is 6.09. The van der Waals surface area contributed by atoms with Gasteiger partial charge >= 0.3 is 12.1 Å². The monoisotopic (exact) mass is 527 g/mol. The predicted octanol–water partition coefficient (Wildman–Crippen LogP) is 1.35. The third-order valence-electron chi connectivity index (χ3n) is 5.97. The van der Waals surface area contributed by atoms with E-state index in [4.69, 9.17) is 17.3 Å². The molecular formula is C20H22F5N11O. The molecule has 0 fully saturated rings. The van der Waals surface area contributed by atoms with Crippen LogP contribution in [-0.2, 0) is 23.7 Å². The van der Waals surface area contributed by atoms with Crippen molar-refractivity contribution >= 4 is 28.6 Å². The molecule has 0 saturated heterocycles. The molecule has 198 valence electrons. The first-order chi connectivity index (χ1) is 17.1. The van der Waals surface area contributed by atoms with Gasteiger partial charge in [0, 0.05) is 38.8 Å². The molecule has 3 aromatic rings. The molecule has 1 unspecified atom stereocenters. The van der Waals surface area contributed by atoms with Gasteiger partial charge in [-0.05, 0) is 6.92 Å². The summed E-state index contributed by atoms with van der Waals surface area (Å²) in [5.41, 5.74) is 11.2. The van der Waals surface area contributed by atoms with E-state index in [0.29, 0.717) is 0 Å². The Balaban J connectivity index is 1.82. The molecule has 0 saturated carbocycles. The Morgan fingerprint density at radius 1 is 1.22 bits per heavy atom. The van der Waals surface area contributed by atoms with Crippen molar-refractivity contribution in [1.29, 1.82) is 0 Å². The Labute approximate surface area is 205 Å². The fourth-order valence-corrected chi connectivity index (χ4v) is 3.90. The minimum Gasteiger partial charge on any atom is -0.400 e. The van der Waals surface area contributed by atoms with Crippen molar-refractivity contribution in [2.75, 3.05) is 18.1 Å². The van der Waals surface area contributed by atoms with Crippen LogP contribution in [0.3, 0.4) is 0 Å². The normalized spacial score (nSPS) is 18.3. The van der Waals surface area contributed by atoms with Gasteiger partial charge in [-0.25, -0.2) is 25.8 Å². The number of carbonyl (C=O) groups excluding carboxylic acids is 1. The molecule has 1 aliphatic rings. The van der Waals surface area contributed by atoms with Gasteiger partial charge in [-0.1, -0.05) is 0 Å². The number of rotatable bonds is 6. The van der Waals surface area contributed by atoms with E-state index in [0.717, 1.165) is 5.01 Å². The number of aromatic nitrogens is 6. The summed E-state index contributed by atoms with van der Waals surface area (Å²) in [5.74, 6) is -0.446. The van der Waals surface area contributed by atoms with E-state index in [2.05, 4.69) is 30.4 Å². The number of alkyl halides is 5. The number of nitrogens with two attached hydrogens (primary N) is 3. The van der Waals surface area contributed by atoms with Crippen molar-refractivity contribution in [3.05, 3.63) is 29.5 Å². The van der Waals surface area contributed by atoms with E-state index in [9.17, 15) is 26.7 Å². The van der Waals surface area contributed by atoms with Crippen LogP contribution >= 0.6 is 0 Å². The number of nitrogen functional groups attached to an aromatic ring is 1. The predicted molar refractivity (Wildman–Crippen MR) is 121 cm³/mol. The first-order valence-electron chi connectivity index (χ1n) is 10.6. The Kier molecular flexibility index (Phi) is 5.93. The van der Waals surface area contributed by atoms with Crippen molar-refractivity contribution < 1.29 is 26.7 Å². The molecule has 37 heavy (non-hydrogen) atoms. The zero-order valence-electron chi connectivity index (χ0n) is 19.7. The number of carbonyl (C=O) groups is 1. The van der Waals surface area contributed by atoms with Gasteiger partial charge in [0.1, 0.15) is 28.6 Å². The number of aryl methyl sites for hydroxylation is 2.